The van der Waals surface area contributed by atoms with Crippen LogP contribution in [0.25, 0.3) is 0 Å². The van der Waals surface area contributed by atoms with Crippen molar-refractivity contribution in [1.82, 2.24) is 10.2 Å². The minimum absolute atomic E-state index is 0.00978. The van der Waals surface area contributed by atoms with Crippen LogP contribution in [0.2, 0.25) is 0 Å². The number of nitrogens with zero attached hydrogens (tertiary/aromatic N) is 1. The summed E-state index contributed by atoms with van der Waals surface area (Å²) in [7, 11) is 0. The lowest BCUT2D eigenvalue weighted by molar-refractivity contribution is -0.132. The van der Waals surface area contributed by atoms with Gasteiger partial charge in [0.05, 0.1) is 19.2 Å². The summed E-state index contributed by atoms with van der Waals surface area (Å²) in [5.74, 6) is 0.421. The highest BCUT2D eigenvalue weighted by Crippen LogP contribution is 2.32. The standard InChI is InChI=1S/C19H22N2O3S/c1-3-24-15-6-4-14(5-7-15)19(23)20-12-18(22)21-10-8-17-16(13(21)2)9-11-25-17/h4-7,9,11,13H,3,8,10,12H2,1-2H3,(H,20,23)/t13-/m1/s1. The van der Waals surface area contributed by atoms with Crippen molar-refractivity contribution >= 4 is 23.2 Å². The van der Waals surface area contributed by atoms with E-state index in [2.05, 4.69) is 16.8 Å². The molecule has 1 aromatic carbocycles. The SMILES string of the molecule is CCOc1ccc(C(=O)NCC(=O)N2CCc3sccc3[C@H]2C)cc1. The predicted molar refractivity (Wildman–Crippen MR) is 98.1 cm³/mol. The molecule has 0 spiro atoms. The molecule has 2 amide bonds. The molecule has 132 valence electrons. The summed E-state index contributed by atoms with van der Waals surface area (Å²) in [6.07, 6.45) is 0.885. The van der Waals surface area contributed by atoms with Crippen LogP contribution in [0.1, 0.15) is 40.7 Å². The third-order valence-corrected chi connectivity index (χ3v) is 5.42. The van der Waals surface area contributed by atoms with Crippen LogP contribution in [-0.2, 0) is 11.2 Å². The Morgan fingerprint density at radius 2 is 2.04 bits per heavy atom. The number of carbonyl (C=O) groups is 2. The molecule has 1 aromatic heterocycles. The largest absolute Gasteiger partial charge is 0.494 e. The number of fused-ring (bicyclic) bond motifs is 1. The molecule has 0 radical (unpaired) electrons. The van der Waals surface area contributed by atoms with Gasteiger partial charge in [-0.25, -0.2) is 0 Å². The molecule has 0 saturated carbocycles. The maximum atomic E-state index is 12.5. The highest BCUT2D eigenvalue weighted by molar-refractivity contribution is 7.10. The summed E-state index contributed by atoms with van der Waals surface area (Å²) >= 11 is 1.74. The molecule has 5 nitrogen and oxygen atoms in total. The lowest BCUT2D eigenvalue weighted by Crippen LogP contribution is -2.44. The van der Waals surface area contributed by atoms with Crippen LogP contribution in [0, 0.1) is 0 Å². The van der Waals surface area contributed by atoms with E-state index < -0.39 is 0 Å². The molecule has 0 bridgehead atoms. The quantitative estimate of drug-likeness (QED) is 0.894. The van der Waals surface area contributed by atoms with Crippen molar-refractivity contribution in [3.05, 3.63) is 51.7 Å². The Balaban J connectivity index is 1.56. The summed E-state index contributed by atoms with van der Waals surface area (Å²) in [6, 6.07) is 9.06. The molecule has 0 unspecified atom stereocenters. The second-order valence-electron chi connectivity index (χ2n) is 5.95. The molecular formula is C19H22N2O3S. The van der Waals surface area contributed by atoms with Crippen molar-refractivity contribution in [2.75, 3.05) is 19.7 Å². The summed E-state index contributed by atoms with van der Waals surface area (Å²) in [6.45, 7) is 5.24. The van der Waals surface area contributed by atoms with Gasteiger partial charge < -0.3 is 15.0 Å². The van der Waals surface area contributed by atoms with E-state index in [4.69, 9.17) is 4.74 Å². The van der Waals surface area contributed by atoms with Gasteiger partial charge in [-0.3, -0.25) is 9.59 Å². The van der Waals surface area contributed by atoms with Gasteiger partial charge in [-0.15, -0.1) is 11.3 Å². The van der Waals surface area contributed by atoms with E-state index in [1.165, 1.54) is 10.4 Å². The van der Waals surface area contributed by atoms with Crippen LogP contribution in [0.5, 0.6) is 5.75 Å². The van der Waals surface area contributed by atoms with Gasteiger partial charge in [-0.2, -0.15) is 0 Å². The van der Waals surface area contributed by atoms with Crippen LogP contribution >= 0.6 is 11.3 Å². The summed E-state index contributed by atoms with van der Waals surface area (Å²) < 4.78 is 5.36. The number of ether oxygens (including phenoxy) is 1. The number of thiophene rings is 1. The topological polar surface area (TPSA) is 58.6 Å². The van der Waals surface area contributed by atoms with Gasteiger partial charge in [0.25, 0.3) is 5.91 Å². The van der Waals surface area contributed by atoms with Gasteiger partial charge in [0.2, 0.25) is 5.91 Å². The lowest BCUT2D eigenvalue weighted by atomic mass is 10.0. The van der Waals surface area contributed by atoms with Crippen LogP contribution in [-0.4, -0.2) is 36.4 Å². The first-order valence-electron chi connectivity index (χ1n) is 8.47. The minimum atomic E-state index is -0.253. The number of benzene rings is 1. The molecule has 1 atom stereocenters. The maximum absolute atomic E-state index is 12.5. The van der Waals surface area contributed by atoms with E-state index >= 15 is 0 Å². The summed E-state index contributed by atoms with van der Waals surface area (Å²) in [4.78, 5) is 27.9. The molecule has 25 heavy (non-hydrogen) atoms. The second-order valence-corrected chi connectivity index (χ2v) is 6.95. The normalized spacial score (nSPS) is 16.2. The van der Waals surface area contributed by atoms with Crippen LogP contribution in [0.15, 0.2) is 35.7 Å². The van der Waals surface area contributed by atoms with Crippen molar-refractivity contribution < 1.29 is 14.3 Å². The van der Waals surface area contributed by atoms with E-state index in [0.29, 0.717) is 18.7 Å². The first kappa shape index (κ1) is 17.5. The van der Waals surface area contributed by atoms with E-state index in [1.54, 1.807) is 35.6 Å². The zero-order valence-corrected chi connectivity index (χ0v) is 15.3. The Hall–Kier alpha value is -2.34. The highest BCUT2D eigenvalue weighted by atomic mass is 32.1. The monoisotopic (exact) mass is 358 g/mol. The average molecular weight is 358 g/mol. The number of rotatable bonds is 5. The van der Waals surface area contributed by atoms with Crippen molar-refractivity contribution in [3.8, 4) is 5.75 Å². The molecule has 2 aromatic rings. The van der Waals surface area contributed by atoms with Gasteiger partial charge in [0.1, 0.15) is 5.75 Å². The third-order valence-electron chi connectivity index (χ3n) is 4.43. The zero-order chi connectivity index (χ0) is 17.8. The van der Waals surface area contributed by atoms with Crippen LogP contribution < -0.4 is 10.1 Å². The second kappa shape index (κ2) is 7.70. The van der Waals surface area contributed by atoms with E-state index in [1.807, 2.05) is 18.7 Å². The number of amides is 2. The number of hydrogen-bond acceptors (Lipinski definition) is 4. The third kappa shape index (κ3) is 3.85. The number of hydrogen-bond donors (Lipinski definition) is 1. The molecule has 3 rings (SSSR count). The minimum Gasteiger partial charge on any atom is -0.494 e. The van der Waals surface area contributed by atoms with Gasteiger partial charge in [0, 0.05) is 17.0 Å². The molecule has 6 heteroatoms. The lowest BCUT2D eigenvalue weighted by Gasteiger charge is -2.33. The molecule has 0 saturated heterocycles. The van der Waals surface area contributed by atoms with Crippen molar-refractivity contribution in [3.63, 3.8) is 0 Å². The predicted octanol–water partition coefficient (Wildman–Crippen LogP) is 3.02. The van der Waals surface area contributed by atoms with Gasteiger partial charge in [0.15, 0.2) is 0 Å². The van der Waals surface area contributed by atoms with Crippen molar-refractivity contribution in [2.24, 2.45) is 0 Å². The smallest absolute Gasteiger partial charge is 0.251 e. The molecule has 2 heterocycles. The fourth-order valence-electron chi connectivity index (χ4n) is 3.08. The Morgan fingerprint density at radius 1 is 1.28 bits per heavy atom. The molecule has 1 aliphatic heterocycles. The Kier molecular flexibility index (Phi) is 5.38. The van der Waals surface area contributed by atoms with Crippen molar-refractivity contribution in [2.45, 2.75) is 26.3 Å². The molecule has 1 N–H and O–H groups in total. The first-order chi connectivity index (χ1) is 12.1. The van der Waals surface area contributed by atoms with Gasteiger partial charge >= 0.3 is 0 Å². The molecular weight excluding hydrogens is 336 g/mol. The van der Waals surface area contributed by atoms with Crippen LogP contribution in [0.3, 0.4) is 0 Å². The fraction of sp³-hybridized carbons (Fsp3) is 0.368. The van der Waals surface area contributed by atoms with E-state index in [-0.39, 0.29) is 24.4 Å². The summed E-state index contributed by atoms with van der Waals surface area (Å²) in [5, 5.41) is 4.79. The van der Waals surface area contributed by atoms with E-state index in [9.17, 15) is 9.59 Å². The maximum Gasteiger partial charge on any atom is 0.251 e. The Bertz CT molecular complexity index is 754. The molecule has 1 aliphatic rings. The zero-order valence-electron chi connectivity index (χ0n) is 14.5. The van der Waals surface area contributed by atoms with Gasteiger partial charge in [-0.05, 0) is 61.5 Å². The average Bonchev–Trinajstić information content (AvgIpc) is 3.10. The van der Waals surface area contributed by atoms with Gasteiger partial charge in [-0.1, -0.05) is 0 Å². The number of nitrogens with one attached hydrogen (secondary N) is 1. The molecule has 0 aliphatic carbocycles. The van der Waals surface area contributed by atoms with E-state index in [0.717, 1.165) is 12.2 Å². The highest BCUT2D eigenvalue weighted by Gasteiger charge is 2.28. The Labute approximate surface area is 151 Å². The molecule has 0 fully saturated rings. The fourth-order valence-corrected chi connectivity index (χ4v) is 4.04. The Morgan fingerprint density at radius 3 is 2.76 bits per heavy atom. The first-order valence-corrected chi connectivity index (χ1v) is 9.35. The van der Waals surface area contributed by atoms with Crippen molar-refractivity contribution in [1.29, 1.82) is 0 Å². The number of carbonyl (C=O) groups excluding carboxylic acids is 2. The summed E-state index contributed by atoms with van der Waals surface area (Å²) in [5.41, 5.74) is 1.74. The van der Waals surface area contributed by atoms with Crippen LogP contribution in [0.4, 0.5) is 0 Å².